The van der Waals surface area contributed by atoms with E-state index in [0.717, 1.165) is 22.8 Å². The first-order valence-corrected chi connectivity index (χ1v) is 18.3. The minimum Gasteiger partial charge on any atom is -0.481 e. The lowest BCUT2D eigenvalue weighted by Crippen LogP contribution is -2.60. The third-order valence-corrected chi connectivity index (χ3v) is 10.2. The van der Waals surface area contributed by atoms with Crippen LogP contribution < -0.4 is 22.1 Å². The largest absolute Gasteiger partial charge is 0.481 e. The zero-order valence-corrected chi connectivity index (χ0v) is 30.4. The van der Waals surface area contributed by atoms with Gasteiger partial charge < -0.3 is 37.4 Å². The molecule has 1 saturated carbocycles. The van der Waals surface area contributed by atoms with Gasteiger partial charge in [-0.1, -0.05) is 98.1 Å². The van der Waals surface area contributed by atoms with E-state index in [0.29, 0.717) is 44.1 Å². The summed E-state index contributed by atoms with van der Waals surface area (Å²) in [5, 5.41) is 36.8. The summed E-state index contributed by atoms with van der Waals surface area (Å²) in [5.41, 5.74) is 11.1. The van der Waals surface area contributed by atoms with Crippen LogP contribution in [0.25, 0.3) is 10.8 Å². The van der Waals surface area contributed by atoms with Gasteiger partial charge in [0, 0.05) is 25.3 Å². The molecule has 0 aromatic heterocycles. The van der Waals surface area contributed by atoms with Crippen LogP contribution in [0.4, 0.5) is 0 Å². The number of benzene rings is 3. The zero-order valence-electron chi connectivity index (χ0n) is 30.4. The van der Waals surface area contributed by atoms with Crippen LogP contribution >= 0.6 is 0 Å². The van der Waals surface area contributed by atoms with Crippen molar-refractivity contribution in [1.29, 1.82) is 0 Å². The van der Waals surface area contributed by atoms with Crippen molar-refractivity contribution in [2.75, 3.05) is 6.54 Å². The highest BCUT2D eigenvalue weighted by atomic mass is 16.4. The smallest absolute Gasteiger partial charge is 0.322 e. The SMILES string of the molecule is NC(=O)CCC(=O)NC[C@@H](C/C=C/[C@H](c1ccc(C(C(=O)O)C(=O)O)cc1)[C@H](CC(=O)O)C(=O)NC1(C(N)=O)CCCCC1)Cc1cccc2ccccc12. The number of nitrogens with two attached hydrogens (primary N) is 2. The van der Waals surface area contributed by atoms with E-state index in [-0.39, 0.29) is 36.8 Å². The summed E-state index contributed by atoms with van der Waals surface area (Å²) < 4.78 is 0. The molecule has 3 atom stereocenters. The van der Waals surface area contributed by atoms with Gasteiger partial charge in [0.1, 0.15) is 5.54 Å². The molecular formula is C41H48N4O10. The van der Waals surface area contributed by atoms with Gasteiger partial charge >= 0.3 is 17.9 Å². The van der Waals surface area contributed by atoms with Crippen molar-refractivity contribution in [1.82, 2.24) is 10.6 Å². The van der Waals surface area contributed by atoms with Gasteiger partial charge in [0.25, 0.3) is 0 Å². The molecule has 0 aliphatic heterocycles. The fourth-order valence-corrected chi connectivity index (χ4v) is 7.29. The monoisotopic (exact) mass is 756 g/mol. The number of carboxylic acids is 3. The predicted molar refractivity (Wildman–Crippen MR) is 202 cm³/mol. The number of nitrogens with one attached hydrogen (secondary N) is 2. The van der Waals surface area contributed by atoms with Crippen LogP contribution in [0.2, 0.25) is 0 Å². The van der Waals surface area contributed by atoms with Gasteiger partial charge in [0.15, 0.2) is 5.92 Å². The Labute approximate surface area is 318 Å². The Bertz CT molecular complexity index is 1900. The summed E-state index contributed by atoms with van der Waals surface area (Å²) in [6, 6.07) is 19.3. The second kappa shape index (κ2) is 19.3. The Balaban J connectivity index is 1.72. The average molecular weight is 757 g/mol. The normalized spacial score (nSPS) is 15.5. The van der Waals surface area contributed by atoms with Crippen LogP contribution in [0.1, 0.15) is 86.3 Å². The van der Waals surface area contributed by atoms with E-state index in [1.165, 1.54) is 24.3 Å². The Morgan fingerprint density at radius 3 is 2.04 bits per heavy atom. The number of carboxylic acid groups (broad SMARTS) is 3. The zero-order chi connectivity index (χ0) is 40.1. The number of carbonyl (C=O) groups is 7. The number of amides is 4. The van der Waals surface area contributed by atoms with Gasteiger partial charge in [-0.25, -0.2) is 0 Å². The standard InChI is InChI=1S/C41H48N4O10/c42-33(46)18-19-34(47)44-24-25(22-29-11-7-10-26-9-2-3-12-30(26)29)8-6-13-31(27-14-16-28(17-15-27)36(38(51)52)39(53)54)32(23-35(48)49)37(50)45-41(40(43)55)20-4-1-5-21-41/h2-3,6-7,9-17,25,31-32,36H,1,4-5,8,18-24H2,(H2,42,46)(H2,43,55)(H,44,47)(H,45,50)(H,48,49)(H,51,52)(H,53,54)/b13-6+/t25-,31+,32-/m0/s1. The summed E-state index contributed by atoms with van der Waals surface area (Å²) in [5.74, 6) is -11.0. The van der Waals surface area contributed by atoms with Crippen molar-refractivity contribution in [2.45, 2.75) is 81.6 Å². The van der Waals surface area contributed by atoms with Crippen LogP contribution in [-0.2, 0) is 40.0 Å². The molecule has 9 N–H and O–H groups in total. The molecule has 1 aliphatic carbocycles. The maximum Gasteiger partial charge on any atom is 0.322 e. The predicted octanol–water partition coefficient (Wildman–Crippen LogP) is 3.76. The molecule has 0 heterocycles. The van der Waals surface area contributed by atoms with Gasteiger partial charge in [-0.05, 0) is 59.1 Å². The highest BCUT2D eigenvalue weighted by molar-refractivity contribution is 5.99. The van der Waals surface area contributed by atoms with Gasteiger partial charge in [-0.3, -0.25) is 33.6 Å². The lowest BCUT2D eigenvalue weighted by Gasteiger charge is -2.37. The van der Waals surface area contributed by atoms with E-state index in [4.69, 9.17) is 11.5 Å². The Hall–Kier alpha value is -6.05. The van der Waals surface area contributed by atoms with Crippen molar-refractivity contribution in [3.8, 4) is 0 Å². The first-order chi connectivity index (χ1) is 26.2. The Kier molecular flexibility index (Phi) is 14.7. The molecule has 0 radical (unpaired) electrons. The number of rotatable bonds is 20. The number of primary amides is 2. The van der Waals surface area contributed by atoms with Crippen molar-refractivity contribution in [2.24, 2.45) is 23.3 Å². The summed E-state index contributed by atoms with van der Waals surface area (Å²) in [6.45, 7) is 0.219. The van der Waals surface area contributed by atoms with Crippen molar-refractivity contribution < 1.29 is 48.9 Å². The molecule has 3 aromatic carbocycles. The molecule has 0 bridgehead atoms. The number of allylic oxidation sites excluding steroid dienone is 2. The summed E-state index contributed by atoms with van der Waals surface area (Å²) in [6.07, 6.45) is 6.24. The molecule has 14 heteroatoms. The minimum absolute atomic E-state index is 0.0252. The number of aliphatic carboxylic acids is 3. The van der Waals surface area contributed by atoms with E-state index in [1.54, 1.807) is 12.2 Å². The quantitative estimate of drug-likeness (QED) is 0.0649. The first kappa shape index (κ1) is 41.7. The molecule has 292 valence electrons. The average Bonchev–Trinajstić information content (AvgIpc) is 3.14. The van der Waals surface area contributed by atoms with E-state index < -0.39 is 65.3 Å². The first-order valence-electron chi connectivity index (χ1n) is 18.3. The molecule has 0 saturated heterocycles. The molecule has 1 aliphatic rings. The highest BCUT2D eigenvalue weighted by Crippen LogP contribution is 2.34. The van der Waals surface area contributed by atoms with E-state index in [9.17, 15) is 48.9 Å². The van der Waals surface area contributed by atoms with Gasteiger partial charge in [0.05, 0.1) is 12.3 Å². The molecule has 55 heavy (non-hydrogen) atoms. The third kappa shape index (κ3) is 11.5. The van der Waals surface area contributed by atoms with Crippen LogP contribution in [0.5, 0.6) is 0 Å². The molecular weight excluding hydrogens is 708 g/mol. The Morgan fingerprint density at radius 1 is 0.782 bits per heavy atom. The van der Waals surface area contributed by atoms with Crippen LogP contribution in [0, 0.1) is 11.8 Å². The third-order valence-electron chi connectivity index (χ3n) is 10.2. The molecule has 3 aromatic rings. The molecule has 0 unspecified atom stereocenters. The second-order valence-corrected chi connectivity index (χ2v) is 14.1. The number of carbonyl (C=O) groups excluding carboxylic acids is 4. The molecule has 1 fully saturated rings. The molecule has 4 rings (SSSR count). The maximum absolute atomic E-state index is 14.1. The van der Waals surface area contributed by atoms with Gasteiger partial charge in [-0.2, -0.15) is 0 Å². The van der Waals surface area contributed by atoms with Crippen LogP contribution in [-0.4, -0.2) is 68.9 Å². The number of hydrogen-bond donors (Lipinski definition) is 7. The summed E-state index contributed by atoms with van der Waals surface area (Å²) in [4.78, 5) is 86.4. The lowest BCUT2D eigenvalue weighted by atomic mass is 9.78. The maximum atomic E-state index is 14.1. The molecule has 4 amide bonds. The minimum atomic E-state index is -1.85. The second-order valence-electron chi connectivity index (χ2n) is 14.1. The van der Waals surface area contributed by atoms with Crippen molar-refractivity contribution in [3.63, 3.8) is 0 Å². The highest BCUT2D eigenvalue weighted by Gasteiger charge is 2.42. The summed E-state index contributed by atoms with van der Waals surface area (Å²) in [7, 11) is 0. The van der Waals surface area contributed by atoms with Gasteiger partial charge in [0.2, 0.25) is 23.6 Å². The Morgan fingerprint density at radius 2 is 1.42 bits per heavy atom. The fraction of sp³-hybridized carbons (Fsp3) is 0.390. The fourth-order valence-electron chi connectivity index (χ4n) is 7.29. The topological polar surface area (TPSA) is 256 Å². The molecule has 14 nitrogen and oxygen atoms in total. The van der Waals surface area contributed by atoms with Crippen LogP contribution in [0.3, 0.4) is 0 Å². The van der Waals surface area contributed by atoms with Gasteiger partial charge in [-0.15, -0.1) is 0 Å². The van der Waals surface area contributed by atoms with Crippen molar-refractivity contribution >= 4 is 52.3 Å². The van der Waals surface area contributed by atoms with E-state index >= 15 is 0 Å². The van der Waals surface area contributed by atoms with Crippen molar-refractivity contribution in [3.05, 3.63) is 95.6 Å². The van der Waals surface area contributed by atoms with Crippen LogP contribution in [0.15, 0.2) is 78.9 Å². The summed E-state index contributed by atoms with van der Waals surface area (Å²) >= 11 is 0. The van der Waals surface area contributed by atoms with E-state index in [2.05, 4.69) is 10.6 Å². The molecule has 0 spiro atoms. The van der Waals surface area contributed by atoms with E-state index in [1.807, 2.05) is 42.5 Å². The number of hydrogen-bond acceptors (Lipinski definition) is 7. The lowest BCUT2D eigenvalue weighted by molar-refractivity contribution is -0.150. The number of fused-ring (bicyclic) bond motifs is 1.